The maximum absolute atomic E-state index is 11.4. The fourth-order valence-corrected chi connectivity index (χ4v) is 0.498. The highest BCUT2D eigenvalue weighted by Crippen LogP contribution is 2.20. The van der Waals surface area contributed by atoms with Crippen molar-refractivity contribution in [2.75, 3.05) is 6.54 Å². The normalized spacial score (nSPS) is 18.1. The maximum Gasteiger partial charge on any atom is 0.572 e. The molecule has 0 aromatic rings. The second-order valence-corrected chi connectivity index (χ2v) is 1.61. The molecule has 1 N–H and O–H groups in total. The summed E-state index contributed by atoms with van der Waals surface area (Å²) in [5.41, 5.74) is 5.61. The van der Waals surface area contributed by atoms with Crippen molar-refractivity contribution in [1.29, 1.82) is 0 Å². The van der Waals surface area contributed by atoms with E-state index in [1.807, 2.05) is 0 Å². The van der Waals surface area contributed by atoms with E-state index < -0.39 is 6.36 Å². The molecule has 0 amide bonds. The molecular weight excluding hydrogens is 149 g/mol. The lowest BCUT2D eigenvalue weighted by atomic mass is 10.6. The summed E-state index contributed by atoms with van der Waals surface area (Å²) in [7, 11) is 0. The summed E-state index contributed by atoms with van der Waals surface area (Å²) in [5, 5.41) is 0. The Kier molecular flexibility index (Phi) is 1.71. The fraction of sp³-hybridized carbons (Fsp3) is 0.500. The minimum atomic E-state index is -4.60. The van der Waals surface area contributed by atoms with Crippen LogP contribution >= 0.6 is 0 Å². The molecule has 1 aliphatic heterocycles. The number of nitrogens with zero attached hydrogens (tertiary/aromatic N) is 1. The van der Waals surface area contributed by atoms with E-state index in [4.69, 9.17) is 0 Å². The molecule has 3 nitrogen and oxygen atoms in total. The molecule has 1 radical (unpaired) electrons. The average molecular weight is 153 g/mol. The van der Waals surface area contributed by atoms with Crippen LogP contribution in [0.25, 0.3) is 0 Å². The van der Waals surface area contributed by atoms with Gasteiger partial charge in [-0.1, -0.05) is 0 Å². The van der Waals surface area contributed by atoms with Crippen LogP contribution in [0.15, 0.2) is 12.0 Å². The van der Waals surface area contributed by atoms with E-state index in [1.54, 1.807) is 0 Å². The van der Waals surface area contributed by atoms with E-state index in [1.165, 1.54) is 0 Å². The smallest absolute Gasteiger partial charge is 0.407 e. The molecule has 10 heavy (non-hydrogen) atoms. The van der Waals surface area contributed by atoms with E-state index in [-0.39, 0.29) is 12.3 Å². The number of rotatable bonds is 1. The average Bonchev–Trinajstić information content (AvgIpc) is 2.12. The zero-order valence-corrected chi connectivity index (χ0v) is 4.77. The molecule has 0 aliphatic carbocycles. The fourth-order valence-electron chi connectivity index (χ4n) is 0.498. The number of ether oxygens (including phenoxy) is 1. The first kappa shape index (κ1) is 7.20. The third-order valence-electron chi connectivity index (χ3n) is 0.800. The van der Waals surface area contributed by atoms with Crippen molar-refractivity contribution >= 4 is 0 Å². The van der Waals surface area contributed by atoms with Gasteiger partial charge in [-0.3, -0.25) is 0 Å². The van der Waals surface area contributed by atoms with Gasteiger partial charge in [-0.2, -0.15) is 0 Å². The van der Waals surface area contributed by atoms with E-state index >= 15 is 0 Å². The molecular formula is C4H4F3N2O. The molecule has 0 spiro atoms. The first-order valence-corrected chi connectivity index (χ1v) is 2.45. The van der Waals surface area contributed by atoms with Crippen LogP contribution in [0.1, 0.15) is 0 Å². The molecule has 0 fully saturated rings. The van der Waals surface area contributed by atoms with E-state index in [0.717, 1.165) is 6.20 Å². The highest BCUT2D eigenvalue weighted by Gasteiger charge is 2.32. The van der Waals surface area contributed by atoms with Gasteiger partial charge in [-0.15, -0.1) is 13.2 Å². The number of halogens is 3. The Labute approximate surface area is 54.8 Å². The lowest BCUT2D eigenvalue weighted by Crippen LogP contribution is -2.18. The maximum atomic E-state index is 11.4. The lowest BCUT2D eigenvalue weighted by Gasteiger charge is -2.06. The van der Waals surface area contributed by atoms with Crippen LogP contribution in [0.3, 0.4) is 0 Å². The molecule has 57 valence electrons. The van der Waals surface area contributed by atoms with E-state index in [2.05, 4.69) is 15.6 Å². The molecule has 0 aromatic carbocycles. The Morgan fingerprint density at radius 1 is 1.60 bits per heavy atom. The van der Waals surface area contributed by atoms with Crippen molar-refractivity contribution in [2.24, 2.45) is 0 Å². The first-order chi connectivity index (χ1) is 4.58. The van der Waals surface area contributed by atoms with Crippen molar-refractivity contribution in [2.45, 2.75) is 6.36 Å². The van der Waals surface area contributed by atoms with Gasteiger partial charge in [0.15, 0.2) is 0 Å². The van der Waals surface area contributed by atoms with Crippen LogP contribution in [0.5, 0.6) is 0 Å². The molecule has 0 atom stereocenters. The molecule has 1 aliphatic rings. The second kappa shape index (κ2) is 2.37. The van der Waals surface area contributed by atoms with E-state index in [9.17, 15) is 13.2 Å². The molecule has 0 bridgehead atoms. The Morgan fingerprint density at radius 2 is 2.30 bits per heavy atom. The Morgan fingerprint density at radius 3 is 2.70 bits per heavy atom. The van der Waals surface area contributed by atoms with Gasteiger partial charge in [0.25, 0.3) is 0 Å². The van der Waals surface area contributed by atoms with Gasteiger partial charge in [0.2, 0.25) is 0 Å². The van der Waals surface area contributed by atoms with Crippen LogP contribution < -0.4 is 10.9 Å². The van der Waals surface area contributed by atoms with Gasteiger partial charge in [0, 0.05) is 0 Å². The van der Waals surface area contributed by atoms with Crippen molar-refractivity contribution < 1.29 is 17.9 Å². The summed E-state index contributed by atoms with van der Waals surface area (Å²) >= 11 is 0. The van der Waals surface area contributed by atoms with Crippen molar-refractivity contribution in [3.05, 3.63) is 12.0 Å². The van der Waals surface area contributed by atoms with Gasteiger partial charge >= 0.3 is 6.36 Å². The molecule has 0 unspecified atom stereocenters. The summed E-state index contributed by atoms with van der Waals surface area (Å²) in [6.07, 6.45) is -3.61. The molecule has 6 heteroatoms. The number of nitrogens with one attached hydrogen (secondary N) is 1. The Hall–Kier alpha value is -0.910. The largest absolute Gasteiger partial charge is 0.572 e. The van der Waals surface area contributed by atoms with Crippen molar-refractivity contribution in [3.63, 3.8) is 0 Å². The standard InChI is InChI=1S/C4H4F3N2O/c5-4(6,7)10-3-1-8-9-2-3/h1,9H,2H2. The zero-order chi connectivity index (χ0) is 7.61. The Bertz CT molecular complexity index is 153. The van der Waals surface area contributed by atoms with Crippen molar-refractivity contribution in [1.82, 2.24) is 10.9 Å². The second-order valence-electron chi connectivity index (χ2n) is 1.61. The third kappa shape index (κ3) is 2.14. The van der Waals surface area contributed by atoms with Crippen LogP contribution in [0, 0.1) is 0 Å². The third-order valence-corrected chi connectivity index (χ3v) is 0.800. The summed E-state index contributed by atoms with van der Waals surface area (Å²) < 4.78 is 37.6. The number of hydrogen-bond acceptors (Lipinski definition) is 2. The van der Waals surface area contributed by atoms with Crippen molar-refractivity contribution in [3.8, 4) is 0 Å². The predicted octanol–water partition coefficient (Wildman–Crippen LogP) is 0.487. The highest BCUT2D eigenvalue weighted by molar-refractivity contribution is 4.97. The number of hydrogen-bond donors (Lipinski definition) is 1. The summed E-state index contributed by atoms with van der Waals surface area (Å²) in [5.74, 6) is -0.215. The van der Waals surface area contributed by atoms with Crippen LogP contribution in [-0.4, -0.2) is 12.9 Å². The summed E-state index contributed by atoms with van der Waals surface area (Å²) in [4.78, 5) is 0. The van der Waals surface area contributed by atoms with Gasteiger partial charge in [0.1, 0.15) is 5.76 Å². The van der Waals surface area contributed by atoms with Gasteiger partial charge in [0.05, 0.1) is 12.7 Å². The van der Waals surface area contributed by atoms with E-state index in [0.29, 0.717) is 0 Å². The summed E-state index contributed by atoms with van der Waals surface area (Å²) in [6.45, 7) is -0.000486. The molecule has 0 saturated heterocycles. The summed E-state index contributed by atoms with van der Waals surface area (Å²) in [6, 6.07) is 0. The van der Waals surface area contributed by atoms with Gasteiger partial charge in [-0.25, -0.2) is 10.9 Å². The van der Waals surface area contributed by atoms with Gasteiger partial charge in [-0.05, 0) is 0 Å². The SMILES string of the molecule is FC(F)(F)OC1=C[N]NC1. The quantitative estimate of drug-likeness (QED) is 0.594. The van der Waals surface area contributed by atoms with Crippen LogP contribution in [-0.2, 0) is 4.74 Å². The molecule has 0 aromatic heterocycles. The van der Waals surface area contributed by atoms with Crippen LogP contribution in [0.4, 0.5) is 13.2 Å². The lowest BCUT2D eigenvalue weighted by molar-refractivity contribution is -0.305. The minimum absolute atomic E-state index is 0.000486. The molecule has 1 rings (SSSR count). The Balaban J connectivity index is 2.38. The minimum Gasteiger partial charge on any atom is -0.407 e. The molecule has 1 heterocycles. The zero-order valence-electron chi connectivity index (χ0n) is 4.77. The highest BCUT2D eigenvalue weighted by atomic mass is 19.4. The first-order valence-electron chi connectivity index (χ1n) is 2.45. The predicted molar refractivity (Wildman–Crippen MR) is 25.4 cm³/mol. The van der Waals surface area contributed by atoms with Gasteiger partial charge < -0.3 is 4.74 Å². The monoisotopic (exact) mass is 153 g/mol. The van der Waals surface area contributed by atoms with Crippen LogP contribution in [0.2, 0.25) is 0 Å². The number of alkyl halides is 3. The topological polar surface area (TPSA) is 35.4 Å². The molecule has 0 saturated carbocycles.